The van der Waals surface area contributed by atoms with Gasteiger partial charge in [0.25, 0.3) is 0 Å². The standard InChI is InChI=1S/C13H10FNO3/c1-8-2-3-11(14)12(4-8)18-10-5-9(13(16)17)6-15-7-10/h2-7H,1H3,(H,16,17). The Bertz CT molecular complexity index is 599. The molecule has 2 rings (SSSR count). The summed E-state index contributed by atoms with van der Waals surface area (Å²) in [5, 5.41) is 8.80. The van der Waals surface area contributed by atoms with Crippen molar-refractivity contribution < 1.29 is 19.0 Å². The first-order valence-electron chi connectivity index (χ1n) is 5.18. The Balaban J connectivity index is 2.31. The van der Waals surface area contributed by atoms with Crippen LogP contribution in [0.1, 0.15) is 15.9 Å². The predicted octanol–water partition coefficient (Wildman–Crippen LogP) is 3.02. The van der Waals surface area contributed by atoms with Crippen LogP contribution in [-0.4, -0.2) is 16.1 Å². The number of carboxylic acids is 1. The highest BCUT2D eigenvalue weighted by Crippen LogP contribution is 2.25. The molecule has 1 heterocycles. The number of benzene rings is 1. The molecule has 0 aliphatic rings. The first-order chi connectivity index (χ1) is 8.56. The number of hydrogen-bond donors (Lipinski definition) is 1. The lowest BCUT2D eigenvalue weighted by molar-refractivity contribution is 0.0696. The molecule has 1 aromatic carbocycles. The van der Waals surface area contributed by atoms with E-state index in [4.69, 9.17) is 9.84 Å². The van der Waals surface area contributed by atoms with Crippen molar-refractivity contribution in [1.29, 1.82) is 0 Å². The zero-order chi connectivity index (χ0) is 13.1. The Labute approximate surface area is 103 Å². The van der Waals surface area contributed by atoms with E-state index >= 15 is 0 Å². The van der Waals surface area contributed by atoms with Crippen molar-refractivity contribution in [3.63, 3.8) is 0 Å². The second-order valence-electron chi connectivity index (χ2n) is 3.75. The molecule has 92 valence electrons. The summed E-state index contributed by atoms with van der Waals surface area (Å²) in [7, 11) is 0. The molecule has 0 bridgehead atoms. The van der Waals surface area contributed by atoms with Crippen LogP contribution in [0.2, 0.25) is 0 Å². The predicted molar refractivity (Wildman–Crippen MR) is 62.4 cm³/mol. The van der Waals surface area contributed by atoms with Gasteiger partial charge in [-0.2, -0.15) is 0 Å². The minimum absolute atomic E-state index is 0.0134. The first-order valence-corrected chi connectivity index (χ1v) is 5.18. The van der Waals surface area contributed by atoms with Gasteiger partial charge in [-0.05, 0) is 30.7 Å². The van der Waals surface area contributed by atoms with Gasteiger partial charge in [-0.1, -0.05) is 6.07 Å². The first kappa shape index (κ1) is 12.0. The van der Waals surface area contributed by atoms with E-state index in [-0.39, 0.29) is 17.1 Å². The zero-order valence-corrected chi connectivity index (χ0v) is 9.55. The van der Waals surface area contributed by atoms with Gasteiger partial charge in [-0.15, -0.1) is 0 Å². The van der Waals surface area contributed by atoms with E-state index in [1.165, 1.54) is 30.6 Å². The highest BCUT2D eigenvalue weighted by atomic mass is 19.1. The Morgan fingerprint density at radius 3 is 2.83 bits per heavy atom. The monoisotopic (exact) mass is 247 g/mol. The number of aryl methyl sites for hydroxylation is 1. The number of ether oxygens (including phenoxy) is 1. The van der Waals surface area contributed by atoms with Gasteiger partial charge >= 0.3 is 5.97 Å². The molecule has 0 radical (unpaired) electrons. The lowest BCUT2D eigenvalue weighted by atomic mass is 10.2. The van der Waals surface area contributed by atoms with Crippen LogP contribution in [0.15, 0.2) is 36.7 Å². The maximum atomic E-state index is 13.5. The van der Waals surface area contributed by atoms with Gasteiger partial charge < -0.3 is 9.84 Å². The molecule has 0 fully saturated rings. The molecular weight excluding hydrogens is 237 g/mol. The summed E-state index contributed by atoms with van der Waals surface area (Å²) in [5.74, 6) is -1.40. The fourth-order valence-corrected chi connectivity index (χ4v) is 1.41. The number of carbonyl (C=O) groups is 1. The molecule has 5 heteroatoms. The molecule has 0 amide bonds. The molecule has 0 spiro atoms. The van der Waals surface area contributed by atoms with E-state index in [1.807, 2.05) is 0 Å². The van der Waals surface area contributed by atoms with Crippen LogP contribution in [0.4, 0.5) is 4.39 Å². The van der Waals surface area contributed by atoms with Crippen LogP contribution >= 0.6 is 0 Å². The minimum Gasteiger partial charge on any atom is -0.478 e. The average Bonchev–Trinajstić information content (AvgIpc) is 2.34. The lowest BCUT2D eigenvalue weighted by Gasteiger charge is -2.07. The van der Waals surface area contributed by atoms with E-state index in [0.717, 1.165) is 5.56 Å². The van der Waals surface area contributed by atoms with Crippen LogP contribution in [0, 0.1) is 12.7 Å². The Hall–Kier alpha value is -2.43. The van der Waals surface area contributed by atoms with Gasteiger partial charge in [0.05, 0.1) is 11.8 Å². The molecule has 2 aromatic rings. The number of carboxylic acid groups (broad SMARTS) is 1. The number of aromatic carboxylic acids is 1. The minimum atomic E-state index is -1.11. The normalized spacial score (nSPS) is 10.1. The number of hydrogen-bond acceptors (Lipinski definition) is 3. The lowest BCUT2D eigenvalue weighted by Crippen LogP contribution is -1.98. The Morgan fingerprint density at radius 2 is 2.11 bits per heavy atom. The molecule has 0 unspecified atom stereocenters. The van der Waals surface area contributed by atoms with Gasteiger partial charge in [0, 0.05) is 6.20 Å². The van der Waals surface area contributed by atoms with Crippen molar-refractivity contribution in [2.45, 2.75) is 6.92 Å². The zero-order valence-electron chi connectivity index (χ0n) is 9.55. The third kappa shape index (κ3) is 2.63. The largest absolute Gasteiger partial charge is 0.478 e. The maximum Gasteiger partial charge on any atom is 0.337 e. The number of pyridine rings is 1. The van der Waals surface area contributed by atoms with Crippen LogP contribution in [0.5, 0.6) is 11.5 Å². The van der Waals surface area contributed by atoms with Crippen molar-refractivity contribution in [1.82, 2.24) is 4.98 Å². The molecule has 18 heavy (non-hydrogen) atoms. The van der Waals surface area contributed by atoms with E-state index < -0.39 is 11.8 Å². The SMILES string of the molecule is Cc1ccc(F)c(Oc2cncc(C(=O)O)c2)c1. The van der Waals surface area contributed by atoms with Crippen LogP contribution in [0.3, 0.4) is 0 Å². The summed E-state index contributed by atoms with van der Waals surface area (Å²) in [6.07, 6.45) is 2.52. The van der Waals surface area contributed by atoms with Crippen molar-refractivity contribution >= 4 is 5.97 Å². The maximum absolute atomic E-state index is 13.5. The average molecular weight is 247 g/mol. The second kappa shape index (κ2) is 4.83. The molecule has 1 aromatic heterocycles. The van der Waals surface area contributed by atoms with Crippen molar-refractivity contribution in [3.05, 3.63) is 53.6 Å². The Kier molecular flexibility index (Phi) is 3.23. The van der Waals surface area contributed by atoms with Gasteiger partial charge in [-0.3, -0.25) is 4.98 Å². The second-order valence-corrected chi connectivity index (χ2v) is 3.75. The van der Waals surface area contributed by atoms with E-state index in [0.29, 0.717) is 0 Å². The van der Waals surface area contributed by atoms with E-state index in [2.05, 4.69) is 4.98 Å². The Morgan fingerprint density at radius 1 is 1.33 bits per heavy atom. The molecule has 0 aliphatic heterocycles. The molecular formula is C13H10FNO3. The third-order valence-corrected chi connectivity index (χ3v) is 2.27. The number of halogens is 1. The van der Waals surface area contributed by atoms with Gasteiger partial charge in [0.15, 0.2) is 11.6 Å². The number of rotatable bonds is 3. The molecule has 0 saturated heterocycles. The van der Waals surface area contributed by atoms with Crippen LogP contribution in [0.25, 0.3) is 0 Å². The highest BCUT2D eigenvalue weighted by molar-refractivity contribution is 5.87. The van der Waals surface area contributed by atoms with Crippen molar-refractivity contribution in [2.24, 2.45) is 0 Å². The van der Waals surface area contributed by atoms with E-state index in [9.17, 15) is 9.18 Å². The topological polar surface area (TPSA) is 59.4 Å². The van der Waals surface area contributed by atoms with Gasteiger partial charge in [-0.25, -0.2) is 9.18 Å². The van der Waals surface area contributed by atoms with Crippen molar-refractivity contribution in [2.75, 3.05) is 0 Å². The number of aromatic nitrogens is 1. The summed E-state index contributed by atoms with van der Waals surface area (Å²) in [5.41, 5.74) is 0.828. The van der Waals surface area contributed by atoms with Crippen molar-refractivity contribution in [3.8, 4) is 11.5 Å². The molecule has 0 atom stereocenters. The van der Waals surface area contributed by atoms with E-state index in [1.54, 1.807) is 13.0 Å². The molecule has 1 N–H and O–H groups in total. The van der Waals surface area contributed by atoms with Crippen LogP contribution < -0.4 is 4.74 Å². The molecule has 4 nitrogen and oxygen atoms in total. The number of nitrogens with zero attached hydrogens (tertiary/aromatic N) is 1. The van der Waals surface area contributed by atoms with Crippen LogP contribution in [-0.2, 0) is 0 Å². The fraction of sp³-hybridized carbons (Fsp3) is 0.0769. The summed E-state index contributed by atoms with van der Waals surface area (Å²) in [6, 6.07) is 5.73. The highest BCUT2D eigenvalue weighted by Gasteiger charge is 2.08. The quantitative estimate of drug-likeness (QED) is 0.905. The van der Waals surface area contributed by atoms with Gasteiger partial charge in [0.2, 0.25) is 0 Å². The van der Waals surface area contributed by atoms with Gasteiger partial charge in [0.1, 0.15) is 5.75 Å². The summed E-state index contributed by atoms with van der Waals surface area (Å²) < 4.78 is 18.7. The smallest absolute Gasteiger partial charge is 0.337 e. The summed E-state index contributed by atoms with van der Waals surface area (Å²) in [4.78, 5) is 14.5. The summed E-state index contributed by atoms with van der Waals surface area (Å²) >= 11 is 0. The third-order valence-electron chi connectivity index (χ3n) is 2.27. The molecule has 0 aliphatic carbocycles. The summed E-state index contributed by atoms with van der Waals surface area (Å²) in [6.45, 7) is 1.80. The molecule has 0 saturated carbocycles. The fourth-order valence-electron chi connectivity index (χ4n) is 1.41.